The predicted molar refractivity (Wildman–Crippen MR) is 74.6 cm³/mol. The molecule has 1 atom stereocenters. The van der Waals surface area contributed by atoms with E-state index >= 15 is 0 Å². The Morgan fingerprint density at radius 1 is 1.38 bits per heavy atom. The number of hydrogen-bond acceptors (Lipinski definition) is 2. The van der Waals surface area contributed by atoms with Gasteiger partial charge in [-0.2, -0.15) is 0 Å². The first kappa shape index (κ1) is 13.6. The molecule has 110 valence electrons. The van der Waals surface area contributed by atoms with Gasteiger partial charge >= 0.3 is 5.97 Å². The van der Waals surface area contributed by atoms with Crippen LogP contribution in [-0.2, 0) is 4.79 Å². The second-order valence-corrected chi connectivity index (χ2v) is 5.55. The van der Waals surface area contributed by atoms with Crippen LogP contribution in [0.5, 0.6) is 0 Å². The van der Waals surface area contributed by atoms with E-state index in [1.54, 1.807) is 19.1 Å². The molecule has 2 heterocycles. The number of benzene rings is 1. The molecule has 2 aromatic rings. The fourth-order valence-electron chi connectivity index (χ4n) is 2.88. The number of nitrogens with zero attached hydrogens (tertiary/aromatic N) is 1. The van der Waals surface area contributed by atoms with Crippen LogP contribution in [0.25, 0.3) is 10.9 Å². The summed E-state index contributed by atoms with van der Waals surface area (Å²) in [7, 11) is 0. The number of rotatable bonds is 2. The van der Waals surface area contributed by atoms with Crippen LogP contribution in [0.3, 0.4) is 0 Å². The topological polar surface area (TPSA) is 73.4 Å². The summed E-state index contributed by atoms with van der Waals surface area (Å²) in [6.45, 7) is 1.97. The van der Waals surface area contributed by atoms with E-state index in [-0.39, 0.29) is 17.4 Å². The van der Waals surface area contributed by atoms with E-state index in [0.717, 1.165) is 0 Å². The number of halogens is 1. The summed E-state index contributed by atoms with van der Waals surface area (Å²) in [5.74, 6) is -1.75. The molecule has 1 fully saturated rings. The molecule has 0 bridgehead atoms. The van der Waals surface area contributed by atoms with Gasteiger partial charge in [0.15, 0.2) is 0 Å². The third kappa shape index (κ3) is 2.07. The Morgan fingerprint density at radius 3 is 2.86 bits per heavy atom. The lowest BCUT2D eigenvalue weighted by molar-refractivity contribution is -0.147. The maximum Gasteiger partial charge on any atom is 0.329 e. The standard InChI is InChI=1S/C15H15FN2O3/c1-15(14(20)21)5-2-6-18(15)13(19)12-8-9-7-10(16)3-4-11(9)17-12/h3-4,7-8,17H,2,5-6H2,1H3,(H,20,21). The maximum atomic E-state index is 13.2. The smallest absolute Gasteiger partial charge is 0.329 e. The molecule has 0 saturated carbocycles. The minimum absolute atomic E-state index is 0.282. The third-order valence-corrected chi connectivity index (χ3v) is 4.16. The molecule has 0 spiro atoms. The van der Waals surface area contributed by atoms with Gasteiger partial charge in [0.25, 0.3) is 5.91 Å². The van der Waals surface area contributed by atoms with E-state index in [4.69, 9.17) is 0 Å². The van der Waals surface area contributed by atoms with Crippen molar-refractivity contribution in [3.8, 4) is 0 Å². The van der Waals surface area contributed by atoms with Crippen LogP contribution in [-0.4, -0.2) is 39.0 Å². The van der Waals surface area contributed by atoms with Gasteiger partial charge in [-0.05, 0) is 44.0 Å². The summed E-state index contributed by atoms with van der Waals surface area (Å²) in [6, 6.07) is 5.76. The average Bonchev–Trinajstić information content (AvgIpc) is 3.01. The summed E-state index contributed by atoms with van der Waals surface area (Å²) in [5, 5.41) is 9.95. The highest BCUT2D eigenvalue weighted by Gasteiger charge is 2.46. The minimum atomic E-state index is -1.18. The molecule has 1 aliphatic heterocycles. The fourth-order valence-corrected chi connectivity index (χ4v) is 2.88. The lowest BCUT2D eigenvalue weighted by Gasteiger charge is -2.30. The average molecular weight is 290 g/mol. The lowest BCUT2D eigenvalue weighted by atomic mass is 9.99. The Bertz CT molecular complexity index is 740. The van der Waals surface area contributed by atoms with Crippen LogP contribution in [0.15, 0.2) is 24.3 Å². The molecule has 1 aliphatic rings. The Morgan fingerprint density at radius 2 is 2.14 bits per heavy atom. The number of carboxylic acid groups (broad SMARTS) is 1. The number of carbonyl (C=O) groups is 2. The number of aromatic amines is 1. The molecule has 1 unspecified atom stereocenters. The van der Waals surface area contributed by atoms with Crippen LogP contribution in [0.2, 0.25) is 0 Å². The highest BCUT2D eigenvalue weighted by atomic mass is 19.1. The summed E-state index contributed by atoms with van der Waals surface area (Å²) >= 11 is 0. The molecule has 1 aromatic carbocycles. The SMILES string of the molecule is CC1(C(=O)O)CCCN1C(=O)c1cc2cc(F)ccc2[nH]1. The van der Waals surface area contributed by atoms with Crippen molar-refractivity contribution in [1.29, 1.82) is 0 Å². The summed E-state index contributed by atoms with van der Waals surface area (Å²) in [6.07, 6.45) is 1.09. The van der Waals surface area contributed by atoms with Crippen molar-refractivity contribution >= 4 is 22.8 Å². The number of aromatic nitrogens is 1. The largest absolute Gasteiger partial charge is 0.480 e. The monoisotopic (exact) mass is 290 g/mol. The molecule has 0 radical (unpaired) electrons. The normalized spacial score (nSPS) is 21.9. The van der Waals surface area contributed by atoms with Gasteiger partial charge in [-0.3, -0.25) is 4.79 Å². The molecule has 5 nitrogen and oxygen atoms in total. The van der Waals surface area contributed by atoms with Crippen LogP contribution in [0, 0.1) is 5.82 Å². The van der Waals surface area contributed by atoms with Crippen molar-refractivity contribution in [2.24, 2.45) is 0 Å². The maximum absolute atomic E-state index is 13.2. The number of hydrogen-bond donors (Lipinski definition) is 2. The van der Waals surface area contributed by atoms with E-state index in [9.17, 15) is 19.1 Å². The number of nitrogens with one attached hydrogen (secondary N) is 1. The zero-order valence-corrected chi connectivity index (χ0v) is 11.5. The molecule has 1 saturated heterocycles. The summed E-state index contributed by atoms with van der Waals surface area (Å²) in [4.78, 5) is 28.3. The van der Waals surface area contributed by atoms with Crippen molar-refractivity contribution in [3.05, 3.63) is 35.8 Å². The minimum Gasteiger partial charge on any atom is -0.480 e. The molecule has 6 heteroatoms. The first-order valence-electron chi connectivity index (χ1n) is 6.75. The highest BCUT2D eigenvalue weighted by molar-refractivity contribution is 6.00. The molecule has 2 N–H and O–H groups in total. The summed E-state index contributed by atoms with van der Waals surface area (Å²) in [5.41, 5.74) is -0.249. The van der Waals surface area contributed by atoms with Crippen LogP contribution in [0.1, 0.15) is 30.3 Å². The Kier molecular flexibility index (Phi) is 2.97. The number of carbonyl (C=O) groups excluding carboxylic acids is 1. The van der Waals surface area contributed by atoms with E-state index in [1.165, 1.54) is 17.0 Å². The van der Waals surface area contributed by atoms with E-state index in [1.807, 2.05) is 0 Å². The third-order valence-electron chi connectivity index (χ3n) is 4.16. The molecular weight excluding hydrogens is 275 g/mol. The van der Waals surface area contributed by atoms with Crippen molar-refractivity contribution in [3.63, 3.8) is 0 Å². The Balaban J connectivity index is 1.98. The van der Waals surface area contributed by atoms with Gasteiger partial charge in [0.1, 0.15) is 17.1 Å². The summed E-state index contributed by atoms with van der Waals surface area (Å²) < 4.78 is 13.2. The number of H-pyrrole nitrogens is 1. The molecular formula is C15H15FN2O3. The van der Waals surface area contributed by atoms with Crippen molar-refractivity contribution in [1.82, 2.24) is 9.88 Å². The second kappa shape index (κ2) is 4.58. The number of carboxylic acids is 1. The van der Waals surface area contributed by atoms with E-state index in [0.29, 0.717) is 30.3 Å². The van der Waals surface area contributed by atoms with Crippen LogP contribution in [0.4, 0.5) is 4.39 Å². The van der Waals surface area contributed by atoms with Crippen molar-refractivity contribution < 1.29 is 19.1 Å². The van der Waals surface area contributed by atoms with Gasteiger partial charge in [-0.15, -0.1) is 0 Å². The van der Waals surface area contributed by atoms with Gasteiger partial charge < -0.3 is 15.0 Å². The Labute approximate surface area is 120 Å². The van der Waals surface area contributed by atoms with E-state index in [2.05, 4.69) is 4.98 Å². The quantitative estimate of drug-likeness (QED) is 0.892. The van der Waals surface area contributed by atoms with Gasteiger partial charge in [-0.1, -0.05) is 0 Å². The van der Waals surface area contributed by atoms with Crippen molar-refractivity contribution in [2.45, 2.75) is 25.3 Å². The number of aliphatic carboxylic acids is 1. The number of amides is 1. The Hall–Kier alpha value is -2.37. The predicted octanol–water partition coefficient (Wildman–Crippen LogP) is 2.39. The van der Waals surface area contributed by atoms with Crippen LogP contribution < -0.4 is 0 Å². The first-order valence-corrected chi connectivity index (χ1v) is 6.75. The number of likely N-dealkylation sites (tertiary alicyclic amines) is 1. The van der Waals surface area contributed by atoms with Gasteiger partial charge in [0.2, 0.25) is 0 Å². The van der Waals surface area contributed by atoms with Gasteiger partial charge in [0.05, 0.1) is 0 Å². The number of fused-ring (bicyclic) bond motifs is 1. The lowest BCUT2D eigenvalue weighted by Crippen LogP contribution is -2.50. The van der Waals surface area contributed by atoms with Gasteiger partial charge in [0, 0.05) is 17.4 Å². The fraction of sp³-hybridized carbons (Fsp3) is 0.333. The van der Waals surface area contributed by atoms with Gasteiger partial charge in [-0.25, -0.2) is 9.18 Å². The molecule has 3 rings (SSSR count). The van der Waals surface area contributed by atoms with E-state index < -0.39 is 11.5 Å². The van der Waals surface area contributed by atoms with Crippen molar-refractivity contribution in [2.75, 3.05) is 6.54 Å². The zero-order chi connectivity index (χ0) is 15.2. The molecule has 21 heavy (non-hydrogen) atoms. The molecule has 1 amide bonds. The highest BCUT2D eigenvalue weighted by Crippen LogP contribution is 2.31. The van der Waals surface area contributed by atoms with Crippen LogP contribution >= 0.6 is 0 Å². The second-order valence-electron chi connectivity index (χ2n) is 5.55. The molecule has 1 aromatic heterocycles. The first-order chi connectivity index (χ1) is 9.91. The molecule has 0 aliphatic carbocycles. The zero-order valence-electron chi connectivity index (χ0n) is 11.5.